The first kappa shape index (κ1) is 17.2. The number of benzene rings is 2. The molecule has 1 saturated carbocycles. The molecule has 0 radical (unpaired) electrons. The highest BCUT2D eigenvalue weighted by atomic mass is 16.2. The third kappa shape index (κ3) is 4.69. The second-order valence-electron chi connectivity index (χ2n) is 6.70. The molecule has 4 nitrogen and oxygen atoms in total. The van der Waals surface area contributed by atoms with Crippen LogP contribution in [0.4, 0.5) is 0 Å². The maximum absolute atomic E-state index is 12.2. The molecule has 3 rings (SSSR count). The van der Waals surface area contributed by atoms with Crippen molar-refractivity contribution in [1.82, 2.24) is 10.6 Å². The van der Waals surface area contributed by atoms with Crippen LogP contribution in [0, 0.1) is 6.92 Å². The Hall–Kier alpha value is -2.62. The summed E-state index contributed by atoms with van der Waals surface area (Å²) in [7, 11) is 0. The van der Waals surface area contributed by atoms with Crippen LogP contribution in [-0.2, 0) is 6.54 Å². The number of amides is 2. The smallest absolute Gasteiger partial charge is 0.251 e. The molecule has 0 spiro atoms. The summed E-state index contributed by atoms with van der Waals surface area (Å²) in [5.74, 6) is -0.193. The van der Waals surface area contributed by atoms with Crippen LogP contribution in [0.3, 0.4) is 0 Å². The van der Waals surface area contributed by atoms with Crippen LogP contribution in [0.5, 0.6) is 0 Å². The van der Waals surface area contributed by atoms with E-state index < -0.39 is 0 Å². The van der Waals surface area contributed by atoms with Crippen LogP contribution in [0.1, 0.15) is 57.5 Å². The summed E-state index contributed by atoms with van der Waals surface area (Å²) in [6, 6.07) is 15.2. The molecule has 0 heterocycles. The molecule has 25 heavy (non-hydrogen) atoms. The molecule has 0 unspecified atom stereocenters. The summed E-state index contributed by atoms with van der Waals surface area (Å²) in [4.78, 5) is 24.4. The molecule has 0 aliphatic heterocycles. The number of aryl methyl sites for hydroxylation is 1. The van der Waals surface area contributed by atoms with Crippen molar-refractivity contribution in [3.8, 4) is 0 Å². The van der Waals surface area contributed by atoms with Crippen molar-refractivity contribution in [2.75, 3.05) is 0 Å². The molecule has 1 aliphatic carbocycles. The predicted molar refractivity (Wildman–Crippen MR) is 98.5 cm³/mol. The van der Waals surface area contributed by atoms with Gasteiger partial charge < -0.3 is 10.6 Å². The van der Waals surface area contributed by atoms with Gasteiger partial charge in [0.25, 0.3) is 11.8 Å². The van der Waals surface area contributed by atoms with Crippen LogP contribution in [-0.4, -0.2) is 17.9 Å². The summed E-state index contributed by atoms with van der Waals surface area (Å²) in [6.07, 6.45) is 4.49. The molecule has 0 saturated heterocycles. The Balaban J connectivity index is 1.54. The van der Waals surface area contributed by atoms with Gasteiger partial charge in [-0.2, -0.15) is 0 Å². The van der Waals surface area contributed by atoms with E-state index >= 15 is 0 Å². The fourth-order valence-electron chi connectivity index (χ4n) is 3.10. The molecule has 2 N–H and O–H groups in total. The number of hydrogen-bond donors (Lipinski definition) is 2. The Morgan fingerprint density at radius 1 is 0.880 bits per heavy atom. The molecule has 0 atom stereocenters. The molecular formula is C21H24N2O2. The third-order valence-electron chi connectivity index (χ3n) is 4.67. The lowest BCUT2D eigenvalue weighted by Gasteiger charge is -2.12. The minimum Gasteiger partial charge on any atom is -0.349 e. The van der Waals surface area contributed by atoms with E-state index in [4.69, 9.17) is 0 Å². The highest BCUT2D eigenvalue weighted by Gasteiger charge is 2.18. The molecule has 2 amide bonds. The lowest BCUT2D eigenvalue weighted by atomic mass is 10.1. The minimum atomic E-state index is -0.136. The maximum Gasteiger partial charge on any atom is 0.251 e. The van der Waals surface area contributed by atoms with Crippen molar-refractivity contribution < 1.29 is 9.59 Å². The van der Waals surface area contributed by atoms with Crippen LogP contribution < -0.4 is 10.6 Å². The largest absolute Gasteiger partial charge is 0.349 e. The molecule has 130 valence electrons. The standard InChI is InChI=1S/C21H24N2O2/c1-15-6-8-16(9-7-15)14-22-20(24)17-10-12-18(13-11-17)21(25)23-19-4-2-3-5-19/h6-13,19H,2-5,14H2,1H3,(H,22,24)(H,23,25). The zero-order chi connectivity index (χ0) is 17.6. The van der Waals surface area contributed by atoms with E-state index in [0.717, 1.165) is 18.4 Å². The van der Waals surface area contributed by atoms with Gasteiger partial charge in [0.05, 0.1) is 0 Å². The quantitative estimate of drug-likeness (QED) is 0.876. The molecule has 1 fully saturated rings. The summed E-state index contributed by atoms with van der Waals surface area (Å²) >= 11 is 0. The highest BCUT2D eigenvalue weighted by Crippen LogP contribution is 2.18. The lowest BCUT2D eigenvalue weighted by molar-refractivity contribution is 0.0930. The van der Waals surface area contributed by atoms with E-state index in [1.807, 2.05) is 31.2 Å². The number of nitrogens with one attached hydrogen (secondary N) is 2. The van der Waals surface area contributed by atoms with Crippen LogP contribution >= 0.6 is 0 Å². The lowest BCUT2D eigenvalue weighted by Crippen LogP contribution is -2.32. The maximum atomic E-state index is 12.2. The average Bonchev–Trinajstić information content (AvgIpc) is 3.14. The van der Waals surface area contributed by atoms with Crippen LogP contribution in [0.25, 0.3) is 0 Å². The Kier molecular flexibility index (Phi) is 5.49. The van der Waals surface area contributed by atoms with E-state index in [1.54, 1.807) is 24.3 Å². The SMILES string of the molecule is Cc1ccc(CNC(=O)c2ccc(C(=O)NC3CCCC3)cc2)cc1. The van der Waals surface area contributed by atoms with Gasteiger partial charge in [0.2, 0.25) is 0 Å². The van der Waals surface area contributed by atoms with E-state index in [-0.39, 0.29) is 11.8 Å². The van der Waals surface area contributed by atoms with Crippen molar-refractivity contribution in [1.29, 1.82) is 0 Å². The van der Waals surface area contributed by atoms with Crippen LogP contribution in [0.2, 0.25) is 0 Å². The molecule has 4 heteroatoms. The highest BCUT2D eigenvalue weighted by molar-refractivity contribution is 5.97. The topological polar surface area (TPSA) is 58.2 Å². The fourth-order valence-corrected chi connectivity index (χ4v) is 3.10. The summed E-state index contributed by atoms with van der Waals surface area (Å²) in [5.41, 5.74) is 3.42. The third-order valence-corrected chi connectivity index (χ3v) is 4.67. The van der Waals surface area contributed by atoms with E-state index in [0.29, 0.717) is 23.7 Å². The minimum absolute atomic E-state index is 0.0569. The Labute approximate surface area is 148 Å². The van der Waals surface area contributed by atoms with Gasteiger partial charge in [-0.15, -0.1) is 0 Å². The molecule has 2 aromatic rings. The Morgan fingerprint density at radius 3 is 2.04 bits per heavy atom. The second-order valence-corrected chi connectivity index (χ2v) is 6.70. The number of carbonyl (C=O) groups excluding carboxylic acids is 2. The summed E-state index contributed by atoms with van der Waals surface area (Å²) < 4.78 is 0. The predicted octanol–water partition coefficient (Wildman–Crippen LogP) is 3.60. The first-order chi connectivity index (χ1) is 12.1. The molecule has 0 aromatic heterocycles. The van der Waals surface area contributed by atoms with Gasteiger partial charge >= 0.3 is 0 Å². The van der Waals surface area contributed by atoms with Crippen LogP contribution in [0.15, 0.2) is 48.5 Å². The Morgan fingerprint density at radius 2 is 1.44 bits per heavy atom. The second kappa shape index (κ2) is 7.97. The number of hydrogen-bond acceptors (Lipinski definition) is 2. The van der Waals surface area contributed by atoms with Gasteiger partial charge in [-0.1, -0.05) is 42.7 Å². The van der Waals surface area contributed by atoms with Crippen molar-refractivity contribution >= 4 is 11.8 Å². The van der Waals surface area contributed by atoms with Gasteiger partial charge in [-0.05, 0) is 49.6 Å². The Bertz CT molecular complexity index is 729. The number of carbonyl (C=O) groups is 2. The molecule has 0 bridgehead atoms. The first-order valence-electron chi connectivity index (χ1n) is 8.86. The van der Waals surface area contributed by atoms with Crippen molar-refractivity contribution in [2.45, 2.75) is 45.2 Å². The van der Waals surface area contributed by atoms with Gasteiger partial charge in [0, 0.05) is 23.7 Å². The van der Waals surface area contributed by atoms with E-state index in [9.17, 15) is 9.59 Å². The van der Waals surface area contributed by atoms with Gasteiger partial charge in [0.1, 0.15) is 0 Å². The average molecular weight is 336 g/mol. The van der Waals surface area contributed by atoms with Crippen molar-refractivity contribution in [3.05, 3.63) is 70.8 Å². The fraction of sp³-hybridized carbons (Fsp3) is 0.333. The van der Waals surface area contributed by atoms with Gasteiger partial charge in [-0.3, -0.25) is 9.59 Å². The summed E-state index contributed by atoms with van der Waals surface area (Å²) in [6.45, 7) is 2.52. The zero-order valence-corrected chi connectivity index (χ0v) is 14.5. The van der Waals surface area contributed by atoms with Crippen molar-refractivity contribution in [3.63, 3.8) is 0 Å². The van der Waals surface area contributed by atoms with E-state index in [1.165, 1.54) is 18.4 Å². The number of rotatable bonds is 5. The van der Waals surface area contributed by atoms with Crippen molar-refractivity contribution in [2.24, 2.45) is 0 Å². The summed E-state index contributed by atoms with van der Waals surface area (Å²) in [5, 5.41) is 5.96. The zero-order valence-electron chi connectivity index (χ0n) is 14.5. The van der Waals surface area contributed by atoms with Gasteiger partial charge in [-0.25, -0.2) is 0 Å². The molecular weight excluding hydrogens is 312 g/mol. The van der Waals surface area contributed by atoms with Gasteiger partial charge in [0.15, 0.2) is 0 Å². The van der Waals surface area contributed by atoms with E-state index in [2.05, 4.69) is 10.6 Å². The first-order valence-corrected chi connectivity index (χ1v) is 8.86. The molecule has 1 aliphatic rings. The molecule has 2 aromatic carbocycles. The normalized spacial score (nSPS) is 14.3. The monoisotopic (exact) mass is 336 g/mol.